The van der Waals surface area contributed by atoms with E-state index in [1.807, 2.05) is 6.07 Å². The van der Waals surface area contributed by atoms with E-state index in [4.69, 9.17) is 0 Å². The van der Waals surface area contributed by atoms with Crippen molar-refractivity contribution in [2.75, 3.05) is 6.54 Å². The Morgan fingerprint density at radius 2 is 2.19 bits per heavy atom. The summed E-state index contributed by atoms with van der Waals surface area (Å²) in [6.07, 6.45) is 1.76. The zero-order valence-electron chi connectivity index (χ0n) is 12.5. The number of hydrogen-bond donors (Lipinski definition) is 2. The highest BCUT2D eigenvalue weighted by Crippen LogP contribution is 2.27. The van der Waals surface area contributed by atoms with Crippen LogP contribution in [0.3, 0.4) is 0 Å². The molecule has 21 heavy (non-hydrogen) atoms. The summed E-state index contributed by atoms with van der Waals surface area (Å²) in [6, 6.07) is 5.23. The first-order chi connectivity index (χ1) is 9.99. The molecule has 6 nitrogen and oxygen atoms in total. The first-order valence-corrected chi connectivity index (χ1v) is 6.97. The van der Waals surface area contributed by atoms with Crippen LogP contribution in [0.1, 0.15) is 25.0 Å². The molecule has 112 valence electrons. The molecule has 1 aromatic carbocycles. The van der Waals surface area contributed by atoms with Gasteiger partial charge in [-0.2, -0.15) is 5.10 Å². The van der Waals surface area contributed by atoms with Crippen molar-refractivity contribution in [2.45, 2.75) is 27.3 Å². The SMILES string of the molecule is Cc1ccc(-c2[nH]ncc2CNCC(C)C)cc1[N+](=O)[O-]. The molecule has 0 atom stereocenters. The van der Waals surface area contributed by atoms with Gasteiger partial charge in [-0.1, -0.05) is 26.0 Å². The Balaban J connectivity index is 2.25. The van der Waals surface area contributed by atoms with Gasteiger partial charge in [-0.25, -0.2) is 0 Å². The lowest BCUT2D eigenvalue weighted by Gasteiger charge is -2.08. The normalized spacial score (nSPS) is 11.0. The van der Waals surface area contributed by atoms with E-state index in [-0.39, 0.29) is 10.6 Å². The minimum absolute atomic E-state index is 0.128. The van der Waals surface area contributed by atoms with Gasteiger partial charge in [-0.05, 0) is 19.4 Å². The highest BCUT2D eigenvalue weighted by molar-refractivity contribution is 5.66. The van der Waals surface area contributed by atoms with Crippen molar-refractivity contribution in [3.63, 3.8) is 0 Å². The maximum Gasteiger partial charge on any atom is 0.272 e. The van der Waals surface area contributed by atoms with Crippen LogP contribution < -0.4 is 5.32 Å². The summed E-state index contributed by atoms with van der Waals surface area (Å²) >= 11 is 0. The molecule has 0 aliphatic rings. The highest BCUT2D eigenvalue weighted by atomic mass is 16.6. The van der Waals surface area contributed by atoms with Crippen molar-refractivity contribution in [3.05, 3.63) is 45.6 Å². The Morgan fingerprint density at radius 3 is 2.86 bits per heavy atom. The largest absolute Gasteiger partial charge is 0.312 e. The van der Waals surface area contributed by atoms with Gasteiger partial charge in [0.2, 0.25) is 0 Å². The molecule has 0 aliphatic carbocycles. The second-order valence-electron chi connectivity index (χ2n) is 5.55. The van der Waals surface area contributed by atoms with Gasteiger partial charge in [-0.3, -0.25) is 15.2 Å². The second kappa shape index (κ2) is 6.49. The second-order valence-corrected chi connectivity index (χ2v) is 5.55. The van der Waals surface area contributed by atoms with Crippen molar-refractivity contribution in [3.8, 4) is 11.3 Å². The van der Waals surface area contributed by atoms with Gasteiger partial charge in [0, 0.05) is 29.3 Å². The Bertz CT molecular complexity index is 634. The van der Waals surface area contributed by atoms with Crippen LogP contribution in [0.15, 0.2) is 24.4 Å². The van der Waals surface area contributed by atoms with Crippen LogP contribution in [0.25, 0.3) is 11.3 Å². The smallest absolute Gasteiger partial charge is 0.272 e. The first kappa shape index (κ1) is 15.2. The predicted molar refractivity (Wildman–Crippen MR) is 82.0 cm³/mol. The molecule has 6 heteroatoms. The van der Waals surface area contributed by atoms with Crippen molar-refractivity contribution in [2.24, 2.45) is 5.92 Å². The van der Waals surface area contributed by atoms with E-state index in [1.54, 1.807) is 25.3 Å². The van der Waals surface area contributed by atoms with E-state index in [1.165, 1.54) is 0 Å². The lowest BCUT2D eigenvalue weighted by molar-refractivity contribution is -0.385. The monoisotopic (exact) mass is 288 g/mol. The third-order valence-electron chi connectivity index (χ3n) is 3.28. The molecule has 0 amide bonds. The summed E-state index contributed by atoms with van der Waals surface area (Å²) in [7, 11) is 0. The standard InChI is InChI=1S/C15H20N4O2/c1-10(2)7-16-8-13-9-17-18-15(13)12-5-4-11(3)14(6-12)19(20)21/h4-6,9-10,16H,7-8H2,1-3H3,(H,17,18). The summed E-state index contributed by atoms with van der Waals surface area (Å²) < 4.78 is 0. The van der Waals surface area contributed by atoms with E-state index in [9.17, 15) is 10.1 Å². The summed E-state index contributed by atoms with van der Waals surface area (Å²) in [5, 5.41) is 21.4. The van der Waals surface area contributed by atoms with E-state index in [2.05, 4.69) is 29.4 Å². The topological polar surface area (TPSA) is 83.8 Å². The quantitative estimate of drug-likeness (QED) is 0.632. The van der Waals surface area contributed by atoms with Crippen molar-refractivity contribution in [1.29, 1.82) is 0 Å². The molecule has 0 saturated carbocycles. The summed E-state index contributed by atoms with van der Waals surface area (Å²) in [5.74, 6) is 0.570. The lowest BCUT2D eigenvalue weighted by atomic mass is 10.0. The number of nitrogens with one attached hydrogen (secondary N) is 2. The molecule has 0 aliphatic heterocycles. The van der Waals surface area contributed by atoms with Crippen molar-refractivity contribution >= 4 is 5.69 Å². The van der Waals surface area contributed by atoms with E-state index < -0.39 is 0 Å². The molecule has 0 fully saturated rings. The highest BCUT2D eigenvalue weighted by Gasteiger charge is 2.14. The van der Waals surface area contributed by atoms with Crippen molar-refractivity contribution < 1.29 is 4.92 Å². The van der Waals surface area contributed by atoms with Crippen molar-refractivity contribution in [1.82, 2.24) is 15.5 Å². The number of H-pyrrole nitrogens is 1. The zero-order valence-corrected chi connectivity index (χ0v) is 12.5. The summed E-state index contributed by atoms with van der Waals surface area (Å²) in [4.78, 5) is 10.7. The number of aryl methyl sites for hydroxylation is 1. The van der Waals surface area contributed by atoms with Crippen LogP contribution in [0, 0.1) is 23.0 Å². The fourth-order valence-electron chi connectivity index (χ4n) is 2.15. The van der Waals surface area contributed by atoms with Crippen LogP contribution in [0.5, 0.6) is 0 Å². The molecular weight excluding hydrogens is 268 g/mol. The Labute approximate surface area is 123 Å². The molecule has 2 rings (SSSR count). The number of benzene rings is 1. The number of aromatic amines is 1. The molecule has 0 radical (unpaired) electrons. The number of rotatable bonds is 6. The maximum absolute atomic E-state index is 11.0. The van der Waals surface area contributed by atoms with E-state index in [0.717, 1.165) is 23.4 Å². The lowest BCUT2D eigenvalue weighted by Crippen LogP contribution is -2.19. The summed E-state index contributed by atoms with van der Waals surface area (Å²) in [6.45, 7) is 7.63. The third kappa shape index (κ3) is 3.66. The van der Waals surface area contributed by atoms with Gasteiger partial charge in [0.1, 0.15) is 0 Å². The van der Waals surface area contributed by atoms with Gasteiger partial charge >= 0.3 is 0 Å². The molecule has 1 aromatic heterocycles. The summed E-state index contributed by atoms with van der Waals surface area (Å²) in [5.41, 5.74) is 3.40. The van der Waals surface area contributed by atoms with Gasteiger partial charge in [-0.15, -0.1) is 0 Å². The third-order valence-corrected chi connectivity index (χ3v) is 3.28. The number of nitro benzene ring substituents is 1. The molecular formula is C15H20N4O2. The fraction of sp³-hybridized carbons (Fsp3) is 0.400. The molecule has 0 bridgehead atoms. The number of nitrogens with zero attached hydrogens (tertiary/aromatic N) is 2. The number of hydrogen-bond acceptors (Lipinski definition) is 4. The molecule has 0 unspecified atom stereocenters. The maximum atomic E-state index is 11.0. The predicted octanol–water partition coefficient (Wildman–Crippen LogP) is 3.04. The Morgan fingerprint density at radius 1 is 1.43 bits per heavy atom. The van der Waals surface area contributed by atoms with E-state index >= 15 is 0 Å². The molecule has 1 heterocycles. The van der Waals surface area contributed by atoms with Gasteiger partial charge in [0.15, 0.2) is 0 Å². The minimum atomic E-state index is -0.355. The molecule has 2 aromatic rings. The van der Waals surface area contributed by atoms with Gasteiger partial charge in [0.05, 0.1) is 16.8 Å². The van der Waals surface area contributed by atoms with E-state index in [0.29, 0.717) is 18.0 Å². The van der Waals surface area contributed by atoms with Crippen LogP contribution in [-0.4, -0.2) is 21.7 Å². The van der Waals surface area contributed by atoms with Gasteiger partial charge in [0.25, 0.3) is 5.69 Å². The average molecular weight is 288 g/mol. The first-order valence-electron chi connectivity index (χ1n) is 6.97. The zero-order chi connectivity index (χ0) is 15.4. The fourth-order valence-corrected chi connectivity index (χ4v) is 2.15. The average Bonchev–Trinajstić information content (AvgIpc) is 2.87. The van der Waals surface area contributed by atoms with Crippen LogP contribution in [-0.2, 0) is 6.54 Å². The number of aromatic nitrogens is 2. The molecule has 2 N–H and O–H groups in total. The number of nitro groups is 1. The Kier molecular flexibility index (Phi) is 4.70. The van der Waals surface area contributed by atoms with Crippen LogP contribution >= 0.6 is 0 Å². The van der Waals surface area contributed by atoms with Crippen LogP contribution in [0.4, 0.5) is 5.69 Å². The Hall–Kier alpha value is -2.21. The molecule has 0 spiro atoms. The molecule has 0 saturated heterocycles. The minimum Gasteiger partial charge on any atom is -0.312 e. The van der Waals surface area contributed by atoms with Gasteiger partial charge < -0.3 is 5.32 Å². The van der Waals surface area contributed by atoms with Crippen LogP contribution in [0.2, 0.25) is 0 Å².